The first-order valence-electron chi connectivity index (χ1n) is 13.0. The van der Waals surface area contributed by atoms with Crippen LogP contribution in [0.2, 0.25) is 0 Å². The Bertz CT molecular complexity index is 1210. The smallest absolute Gasteiger partial charge is 0.218 e. The van der Waals surface area contributed by atoms with Gasteiger partial charge >= 0.3 is 0 Å². The van der Waals surface area contributed by atoms with Gasteiger partial charge in [-0.3, -0.25) is 4.79 Å². The molecule has 3 aromatic rings. The topological polar surface area (TPSA) is 83.5 Å². The van der Waals surface area contributed by atoms with Crippen LogP contribution in [0.3, 0.4) is 0 Å². The number of carbonyl (C=O) groups excluding carboxylic acids is 1. The molecule has 1 aromatic heterocycles. The van der Waals surface area contributed by atoms with E-state index >= 15 is 0 Å². The quantitative estimate of drug-likeness (QED) is 0.407. The van der Waals surface area contributed by atoms with Crippen molar-refractivity contribution in [1.82, 2.24) is 15.6 Å². The monoisotopic (exact) mass is 503 g/mol. The van der Waals surface area contributed by atoms with E-state index in [0.717, 1.165) is 48.8 Å². The molecule has 1 aliphatic carbocycles. The van der Waals surface area contributed by atoms with Crippen molar-refractivity contribution in [2.45, 2.75) is 69.2 Å². The Balaban J connectivity index is 1.32. The van der Waals surface area contributed by atoms with Crippen molar-refractivity contribution in [1.29, 1.82) is 0 Å². The van der Waals surface area contributed by atoms with E-state index in [-0.39, 0.29) is 29.9 Å². The van der Waals surface area contributed by atoms with Crippen LogP contribution in [0.25, 0.3) is 0 Å². The number of aliphatic hydroxyl groups is 1. The Labute approximate surface area is 217 Å². The number of pyridine rings is 1. The molecule has 7 heteroatoms. The van der Waals surface area contributed by atoms with Gasteiger partial charge in [0.25, 0.3) is 0 Å². The molecule has 0 radical (unpaired) electrons. The Morgan fingerprint density at radius 1 is 1.14 bits per heavy atom. The van der Waals surface area contributed by atoms with Crippen molar-refractivity contribution in [2.24, 2.45) is 0 Å². The third-order valence-electron chi connectivity index (χ3n) is 7.51. The SMILES string of the molecule is CC(=O)N[C@@H](Cc1ccc(F)cc1)[C@@H](O)CN[C@H]1CC2(CCC2)Oc2ncc(Cc3ccccc3)cc21. The molecule has 0 bridgehead atoms. The van der Waals surface area contributed by atoms with Crippen LogP contribution in [0.5, 0.6) is 5.88 Å². The zero-order chi connectivity index (χ0) is 25.8. The number of rotatable bonds is 9. The fourth-order valence-corrected chi connectivity index (χ4v) is 5.39. The van der Waals surface area contributed by atoms with Crippen LogP contribution in [0.1, 0.15) is 60.9 Å². The first-order valence-corrected chi connectivity index (χ1v) is 13.0. The molecule has 3 atom stereocenters. The molecule has 0 saturated heterocycles. The number of carbonyl (C=O) groups is 1. The fourth-order valence-electron chi connectivity index (χ4n) is 5.39. The lowest BCUT2D eigenvalue weighted by Crippen LogP contribution is -2.52. The molecule has 1 aliphatic heterocycles. The van der Waals surface area contributed by atoms with Crippen LogP contribution >= 0.6 is 0 Å². The van der Waals surface area contributed by atoms with Gasteiger partial charge in [-0.05, 0) is 67.0 Å². The minimum Gasteiger partial charge on any atom is -0.471 e. The van der Waals surface area contributed by atoms with Crippen LogP contribution in [-0.2, 0) is 17.6 Å². The second-order valence-electron chi connectivity index (χ2n) is 10.4. The summed E-state index contributed by atoms with van der Waals surface area (Å²) in [5.41, 5.74) is 3.98. The van der Waals surface area contributed by atoms with Crippen LogP contribution in [0, 0.1) is 5.82 Å². The number of benzene rings is 2. The maximum atomic E-state index is 13.3. The number of halogens is 1. The summed E-state index contributed by atoms with van der Waals surface area (Å²) < 4.78 is 19.7. The van der Waals surface area contributed by atoms with Crippen LogP contribution in [0.15, 0.2) is 66.9 Å². The molecule has 2 aromatic carbocycles. The summed E-state index contributed by atoms with van der Waals surface area (Å²) in [5.74, 6) is 0.135. The van der Waals surface area contributed by atoms with Crippen molar-refractivity contribution in [3.8, 4) is 5.88 Å². The lowest BCUT2D eigenvalue weighted by molar-refractivity contribution is -0.120. The fraction of sp³-hybridized carbons (Fsp3) is 0.400. The van der Waals surface area contributed by atoms with Crippen molar-refractivity contribution < 1.29 is 19.0 Å². The highest BCUT2D eigenvalue weighted by Gasteiger charge is 2.46. The number of aromatic nitrogens is 1. The number of ether oxygens (including phenoxy) is 1. The van der Waals surface area contributed by atoms with E-state index in [9.17, 15) is 14.3 Å². The van der Waals surface area contributed by atoms with Crippen LogP contribution in [0.4, 0.5) is 4.39 Å². The van der Waals surface area contributed by atoms with Crippen molar-refractivity contribution in [3.05, 3.63) is 94.9 Å². The molecule has 6 nitrogen and oxygen atoms in total. The third-order valence-corrected chi connectivity index (χ3v) is 7.51. The van der Waals surface area contributed by atoms with E-state index in [1.807, 2.05) is 24.4 Å². The first-order chi connectivity index (χ1) is 17.9. The van der Waals surface area contributed by atoms with Crippen molar-refractivity contribution in [2.75, 3.05) is 6.54 Å². The van der Waals surface area contributed by atoms with E-state index in [4.69, 9.17) is 9.72 Å². The molecule has 3 N–H and O–H groups in total. The van der Waals surface area contributed by atoms with E-state index in [2.05, 4.69) is 28.8 Å². The van der Waals surface area contributed by atoms with Gasteiger partial charge in [0, 0.05) is 37.7 Å². The van der Waals surface area contributed by atoms with Gasteiger partial charge < -0.3 is 20.5 Å². The van der Waals surface area contributed by atoms with Crippen LogP contribution < -0.4 is 15.4 Å². The van der Waals surface area contributed by atoms with Crippen LogP contribution in [-0.4, -0.2) is 40.3 Å². The van der Waals surface area contributed by atoms with Crippen molar-refractivity contribution >= 4 is 5.91 Å². The van der Waals surface area contributed by atoms with Gasteiger partial charge in [-0.1, -0.05) is 42.5 Å². The molecule has 1 amide bonds. The zero-order valence-corrected chi connectivity index (χ0v) is 21.1. The Hall–Kier alpha value is -3.29. The normalized spacial score (nSPS) is 19.3. The van der Waals surface area contributed by atoms with Gasteiger partial charge in [0.15, 0.2) is 0 Å². The summed E-state index contributed by atoms with van der Waals surface area (Å²) >= 11 is 0. The van der Waals surface area contributed by atoms with Gasteiger partial charge in [-0.15, -0.1) is 0 Å². The second-order valence-corrected chi connectivity index (χ2v) is 10.4. The average molecular weight is 504 g/mol. The first kappa shape index (κ1) is 25.4. The minimum atomic E-state index is -0.835. The maximum absolute atomic E-state index is 13.3. The van der Waals surface area contributed by atoms with Crippen molar-refractivity contribution in [3.63, 3.8) is 0 Å². The molecule has 1 fully saturated rings. The number of hydrogen-bond donors (Lipinski definition) is 3. The van der Waals surface area contributed by atoms with E-state index in [1.54, 1.807) is 12.1 Å². The minimum absolute atomic E-state index is 0.0225. The molecule has 0 unspecified atom stereocenters. The lowest BCUT2D eigenvalue weighted by Gasteiger charge is -2.47. The molecule has 2 aliphatic rings. The number of nitrogens with one attached hydrogen (secondary N) is 2. The Morgan fingerprint density at radius 2 is 1.89 bits per heavy atom. The lowest BCUT2D eigenvalue weighted by atomic mass is 9.73. The Morgan fingerprint density at radius 3 is 2.57 bits per heavy atom. The van der Waals surface area contributed by atoms with Gasteiger partial charge in [0.05, 0.1) is 12.1 Å². The van der Waals surface area contributed by atoms with Gasteiger partial charge in [-0.25, -0.2) is 9.37 Å². The second kappa shape index (κ2) is 11.0. The summed E-state index contributed by atoms with van der Waals surface area (Å²) in [5, 5.41) is 17.5. The zero-order valence-electron chi connectivity index (χ0n) is 21.1. The maximum Gasteiger partial charge on any atom is 0.218 e. The molecule has 37 heavy (non-hydrogen) atoms. The molecule has 1 spiro atoms. The number of fused-ring (bicyclic) bond motifs is 1. The third kappa shape index (κ3) is 6.17. The molecule has 1 saturated carbocycles. The summed E-state index contributed by atoms with van der Waals surface area (Å²) in [6.07, 6.45) is 6.19. The molecule has 2 heterocycles. The summed E-state index contributed by atoms with van der Waals surface area (Å²) in [4.78, 5) is 16.6. The van der Waals surface area contributed by atoms with Gasteiger partial charge in [0.2, 0.25) is 11.8 Å². The van der Waals surface area contributed by atoms with Gasteiger partial charge in [0.1, 0.15) is 11.4 Å². The highest BCUT2D eigenvalue weighted by Crippen LogP contribution is 2.48. The summed E-state index contributed by atoms with van der Waals surface area (Å²) in [6.45, 7) is 1.72. The summed E-state index contributed by atoms with van der Waals surface area (Å²) in [6, 6.07) is 18.1. The molecular weight excluding hydrogens is 469 g/mol. The highest BCUT2D eigenvalue weighted by atomic mass is 19.1. The number of nitrogens with zero attached hydrogens (tertiary/aromatic N) is 1. The summed E-state index contributed by atoms with van der Waals surface area (Å²) in [7, 11) is 0. The highest BCUT2D eigenvalue weighted by molar-refractivity contribution is 5.73. The van der Waals surface area contributed by atoms with Gasteiger partial charge in [-0.2, -0.15) is 0 Å². The number of aliphatic hydroxyl groups excluding tert-OH is 1. The number of amides is 1. The molecule has 194 valence electrons. The largest absolute Gasteiger partial charge is 0.471 e. The molecular formula is C30H34FN3O3. The predicted octanol–water partition coefficient (Wildman–Crippen LogP) is 4.26. The van der Waals surface area contributed by atoms with E-state index < -0.39 is 12.1 Å². The number of hydrogen-bond acceptors (Lipinski definition) is 5. The average Bonchev–Trinajstić information content (AvgIpc) is 2.87. The Kier molecular flexibility index (Phi) is 7.53. The predicted molar refractivity (Wildman–Crippen MR) is 140 cm³/mol. The van der Waals surface area contributed by atoms with E-state index in [0.29, 0.717) is 12.3 Å². The van der Waals surface area contributed by atoms with E-state index in [1.165, 1.54) is 24.6 Å². The molecule has 5 rings (SSSR count). The standard InChI is InChI=1S/C30H34FN3O3/c1-20(35)34-26(16-22-8-10-24(31)11-9-22)28(36)19-32-27-17-30(12-5-13-30)37-29-25(27)15-23(18-33-29)14-21-6-3-2-4-7-21/h2-4,6-11,15,18,26-28,32,36H,5,12-14,16-17,19H2,1H3,(H,34,35)/t26-,27-,28-/m0/s1.